The van der Waals surface area contributed by atoms with Crippen molar-refractivity contribution in [3.63, 3.8) is 0 Å². The highest BCUT2D eigenvalue weighted by Crippen LogP contribution is 2.19. The van der Waals surface area contributed by atoms with Gasteiger partial charge in [0, 0.05) is 22.8 Å². The molecule has 3 nitrogen and oxygen atoms in total. The average molecular weight is 277 g/mol. The summed E-state index contributed by atoms with van der Waals surface area (Å²) in [6, 6.07) is 1.73. The van der Waals surface area contributed by atoms with Gasteiger partial charge in [0.05, 0.1) is 18.1 Å². The van der Waals surface area contributed by atoms with Crippen LogP contribution in [-0.4, -0.2) is 4.98 Å². The third-order valence-corrected chi connectivity index (χ3v) is 2.50. The molecule has 1 rings (SSSR count). The third-order valence-electron chi connectivity index (χ3n) is 1.90. The van der Waals surface area contributed by atoms with Gasteiger partial charge >= 0.3 is 0 Å². The molecular formula is C9H7BrF2N2O. The second-order valence-corrected chi connectivity index (χ2v) is 3.37. The van der Waals surface area contributed by atoms with Gasteiger partial charge in [0.25, 0.3) is 6.43 Å². The molecule has 1 aromatic heterocycles. The summed E-state index contributed by atoms with van der Waals surface area (Å²) in [6.45, 7) is 0. The predicted octanol–water partition coefficient (Wildman–Crippen LogP) is 2.27. The first-order valence-corrected chi connectivity index (χ1v) is 5.18. The molecule has 15 heavy (non-hydrogen) atoms. The first-order chi connectivity index (χ1) is 7.11. The SMILES string of the molecule is N#CCc1[nH]cc(CBr)c(=O)c1C(F)F. The average Bonchev–Trinajstić information content (AvgIpc) is 2.18. The van der Waals surface area contributed by atoms with Crippen molar-refractivity contribution in [2.75, 3.05) is 0 Å². The van der Waals surface area contributed by atoms with Gasteiger partial charge in [-0.25, -0.2) is 8.78 Å². The minimum atomic E-state index is -2.86. The lowest BCUT2D eigenvalue weighted by Gasteiger charge is -2.06. The second kappa shape index (κ2) is 5.03. The van der Waals surface area contributed by atoms with Crippen LogP contribution in [0.15, 0.2) is 11.0 Å². The van der Waals surface area contributed by atoms with E-state index in [2.05, 4.69) is 20.9 Å². The first-order valence-electron chi connectivity index (χ1n) is 4.06. The van der Waals surface area contributed by atoms with Gasteiger partial charge in [-0.05, 0) is 0 Å². The number of pyridine rings is 1. The van der Waals surface area contributed by atoms with E-state index in [9.17, 15) is 13.6 Å². The molecule has 0 atom stereocenters. The number of nitrogens with one attached hydrogen (secondary N) is 1. The number of nitrogens with zero attached hydrogens (tertiary/aromatic N) is 1. The minimum absolute atomic E-state index is 0.0119. The maximum Gasteiger partial charge on any atom is 0.269 e. The van der Waals surface area contributed by atoms with Crippen molar-refractivity contribution in [3.05, 3.63) is 33.2 Å². The van der Waals surface area contributed by atoms with Crippen LogP contribution in [0.4, 0.5) is 8.78 Å². The molecule has 0 aliphatic heterocycles. The molecule has 0 aliphatic carbocycles. The van der Waals surface area contributed by atoms with E-state index in [1.165, 1.54) is 6.20 Å². The topological polar surface area (TPSA) is 56.6 Å². The zero-order chi connectivity index (χ0) is 11.4. The summed E-state index contributed by atoms with van der Waals surface area (Å²) in [5.41, 5.74) is -1.09. The van der Waals surface area contributed by atoms with Crippen molar-refractivity contribution in [3.8, 4) is 6.07 Å². The molecule has 0 saturated carbocycles. The van der Waals surface area contributed by atoms with E-state index in [4.69, 9.17) is 5.26 Å². The molecule has 0 saturated heterocycles. The Labute approximate surface area is 92.9 Å². The molecule has 1 aromatic rings. The van der Waals surface area contributed by atoms with Crippen LogP contribution in [0, 0.1) is 11.3 Å². The van der Waals surface area contributed by atoms with E-state index in [-0.39, 0.29) is 23.0 Å². The fraction of sp³-hybridized carbons (Fsp3) is 0.333. The second-order valence-electron chi connectivity index (χ2n) is 2.80. The molecule has 1 N–H and O–H groups in total. The van der Waals surface area contributed by atoms with Crippen LogP contribution in [0.25, 0.3) is 0 Å². The predicted molar refractivity (Wildman–Crippen MR) is 54.0 cm³/mol. The Hall–Kier alpha value is -1.22. The van der Waals surface area contributed by atoms with E-state index in [0.29, 0.717) is 0 Å². The minimum Gasteiger partial charge on any atom is -0.363 e. The Morgan fingerprint density at radius 1 is 1.60 bits per heavy atom. The summed E-state index contributed by atoms with van der Waals surface area (Å²) in [5.74, 6) is 0. The summed E-state index contributed by atoms with van der Waals surface area (Å²) in [7, 11) is 0. The number of halogens is 3. The van der Waals surface area contributed by atoms with Crippen LogP contribution in [0.1, 0.15) is 23.2 Å². The number of nitriles is 1. The highest BCUT2D eigenvalue weighted by Gasteiger charge is 2.19. The molecule has 0 unspecified atom stereocenters. The molecule has 80 valence electrons. The van der Waals surface area contributed by atoms with Crippen LogP contribution < -0.4 is 5.43 Å². The smallest absolute Gasteiger partial charge is 0.269 e. The van der Waals surface area contributed by atoms with Crippen molar-refractivity contribution < 1.29 is 8.78 Å². The highest BCUT2D eigenvalue weighted by atomic mass is 79.9. The standard InChI is InChI=1S/C9H7BrF2N2O/c10-3-5-4-14-6(1-2-13)7(8(5)15)9(11)12/h4,9H,1,3H2,(H,14,15). The van der Waals surface area contributed by atoms with Crippen molar-refractivity contribution in [1.29, 1.82) is 5.26 Å². The number of alkyl halides is 3. The molecule has 6 heteroatoms. The fourth-order valence-electron chi connectivity index (χ4n) is 1.18. The number of aromatic nitrogens is 1. The maximum absolute atomic E-state index is 12.6. The summed E-state index contributed by atoms with van der Waals surface area (Å²) < 4.78 is 25.2. The summed E-state index contributed by atoms with van der Waals surface area (Å²) >= 11 is 3.03. The lowest BCUT2D eigenvalue weighted by atomic mass is 10.1. The molecule has 0 radical (unpaired) electrons. The van der Waals surface area contributed by atoms with Crippen LogP contribution >= 0.6 is 15.9 Å². The zero-order valence-corrected chi connectivity index (χ0v) is 9.14. The van der Waals surface area contributed by atoms with Crippen LogP contribution in [0.5, 0.6) is 0 Å². The molecule has 1 heterocycles. The van der Waals surface area contributed by atoms with Gasteiger partial charge in [-0.15, -0.1) is 0 Å². The molecule has 0 spiro atoms. The van der Waals surface area contributed by atoms with Crippen molar-refractivity contribution in [1.82, 2.24) is 4.98 Å². The highest BCUT2D eigenvalue weighted by molar-refractivity contribution is 9.08. The third kappa shape index (κ3) is 2.42. The van der Waals surface area contributed by atoms with Gasteiger partial charge in [-0.1, -0.05) is 15.9 Å². The Balaban J connectivity index is 3.39. The zero-order valence-electron chi connectivity index (χ0n) is 7.56. The summed E-state index contributed by atoms with van der Waals surface area (Å²) in [4.78, 5) is 14.0. The van der Waals surface area contributed by atoms with Crippen LogP contribution in [0.3, 0.4) is 0 Å². The number of aromatic amines is 1. The van der Waals surface area contributed by atoms with Crippen LogP contribution in [-0.2, 0) is 11.8 Å². The molecule has 0 amide bonds. The summed E-state index contributed by atoms with van der Waals surface area (Å²) in [5, 5.41) is 8.62. The van der Waals surface area contributed by atoms with Crippen molar-refractivity contribution in [2.24, 2.45) is 0 Å². The van der Waals surface area contributed by atoms with E-state index < -0.39 is 17.4 Å². The van der Waals surface area contributed by atoms with Gasteiger partial charge in [-0.3, -0.25) is 4.79 Å². The lowest BCUT2D eigenvalue weighted by Crippen LogP contribution is -2.18. The summed E-state index contributed by atoms with van der Waals surface area (Å²) in [6.07, 6.45) is -1.75. The van der Waals surface area contributed by atoms with Gasteiger partial charge < -0.3 is 4.98 Å². The van der Waals surface area contributed by atoms with Crippen molar-refractivity contribution in [2.45, 2.75) is 18.2 Å². The van der Waals surface area contributed by atoms with E-state index in [0.717, 1.165) is 0 Å². The van der Waals surface area contributed by atoms with Gasteiger partial charge in [0.15, 0.2) is 5.43 Å². The number of H-pyrrole nitrogens is 1. The molecule has 0 aliphatic rings. The van der Waals surface area contributed by atoms with Gasteiger partial charge in [0.1, 0.15) is 0 Å². The number of rotatable bonds is 3. The van der Waals surface area contributed by atoms with E-state index in [1.807, 2.05) is 0 Å². The van der Waals surface area contributed by atoms with E-state index >= 15 is 0 Å². The molecule has 0 bridgehead atoms. The fourth-order valence-corrected chi connectivity index (χ4v) is 1.60. The lowest BCUT2D eigenvalue weighted by molar-refractivity contribution is 0.148. The Kier molecular flexibility index (Phi) is 3.97. The Morgan fingerprint density at radius 2 is 2.27 bits per heavy atom. The Morgan fingerprint density at radius 3 is 2.73 bits per heavy atom. The molecule has 0 fully saturated rings. The van der Waals surface area contributed by atoms with Crippen LogP contribution in [0.2, 0.25) is 0 Å². The van der Waals surface area contributed by atoms with Gasteiger partial charge in [-0.2, -0.15) is 5.26 Å². The number of hydrogen-bond donors (Lipinski definition) is 1. The Bertz CT molecular complexity index is 450. The monoisotopic (exact) mass is 276 g/mol. The molecular weight excluding hydrogens is 270 g/mol. The van der Waals surface area contributed by atoms with Crippen molar-refractivity contribution >= 4 is 15.9 Å². The van der Waals surface area contributed by atoms with E-state index in [1.54, 1.807) is 6.07 Å². The first kappa shape index (κ1) is 11.9. The normalized spacial score (nSPS) is 10.3. The maximum atomic E-state index is 12.6. The van der Waals surface area contributed by atoms with Gasteiger partial charge in [0.2, 0.25) is 0 Å². The quantitative estimate of drug-likeness (QED) is 0.861. The molecule has 0 aromatic carbocycles. The number of hydrogen-bond acceptors (Lipinski definition) is 2. The largest absolute Gasteiger partial charge is 0.363 e.